The number of aryl methyl sites for hydroxylation is 1. The maximum absolute atomic E-state index is 12.8. The largest absolute Gasteiger partial charge is 0.338 e. The first-order valence-electron chi connectivity index (χ1n) is 10.4. The molecular weight excluding hydrogens is 366 g/mol. The van der Waals surface area contributed by atoms with Crippen LogP contribution in [0.2, 0.25) is 0 Å². The van der Waals surface area contributed by atoms with Crippen molar-refractivity contribution in [2.24, 2.45) is 0 Å². The molecule has 2 aromatic heterocycles. The molecule has 0 spiro atoms. The van der Waals surface area contributed by atoms with Crippen molar-refractivity contribution < 1.29 is 9.59 Å². The monoisotopic (exact) mass is 393 g/mol. The predicted molar refractivity (Wildman–Crippen MR) is 108 cm³/mol. The molecule has 7 nitrogen and oxygen atoms in total. The summed E-state index contributed by atoms with van der Waals surface area (Å²) in [6.07, 6.45) is 8.39. The number of nitrogens with zero attached hydrogens (tertiary/aromatic N) is 5. The van der Waals surface area contributed by atoms with E-state index in [1.54, 1.807) is 13.1 Å². The molecule has 0 bridgehead atoms. The first kappa shape index (κ1) is 19.5. The summed E-state index contributed by atoms with van der Waals surface area (Å²) in [6.45, 7) is 3.63. The second kappa shape index (κ2) is 8.68. The summed E-state index contributed by atoms with van der Waals surface area (Å²) in [5.74, 6) is 1.00. The van der Waals surface area contributed by atoms with Gasteiger partial charge in [-0.25, -0.2) is 9.97 Å². The quantitative estimate of drug-likeness (QED) is 0.780. The van der Waals surface area contributed by atoms with Crippen LogP contribution in [-0.2, 0) is 29.0 Å². The molecular formula is C22H27N5O2. The fourth-order valence-electron chi connectivity index (χ4n) is 4.20. The summed E-state index contributed by atoms with van der Waals surface area (Å²) >= 11 is 0. The van der Waals surface area contributed by atoms with Gasteiger partial charge in [0, 0.05) is 63.1 Å². The van der Waals surface area contributed by atoms with Gasteiger partial charge < -0.3 is 9.80 Å². The van der Waals surface area contributed by atoms with Crippen LogP contribution in [0.4, 0.5) is 0 Å². The second-order valence-electron chi connectivity index (χ2n) is 7.81. The van der Waals surface area contributed by atoms with Crippen molar-refractivity contribution >= 4 is 11.8 Å². The SMILES string of the molecule is CC(=O)N1CCc2nc([C@H]3CCCN3C(=O)CCCc3ccccn3)ncc2C1. The highest BCUT2D eigenvalue weighted by Crippen LogP contribution is 2.31. The van der Waals surface area contributed by atoms with Gasteiger partial charge in [0.05, 0.1) is 11.7 Å². The molecule has 4 heterocycles. The van der Waals surface area contributed by atoms with Gasteiger partial charge in [-0.15, -0.1) is 0 Å². The Morgan fingerprint density at radius 1 is 1.21 bits per heavy atom. The molecule has 2 aliphatic rings. The van der Waals surface area contributed by atoms with Crippen molar-refractivity contribution in [1.82, 2.24) is 24.8 Å². The third-order valence-electron chi connectivity index (χ3n) is 5.82. The van der Waals surface area contributed by atoms with Crippen LogP contribution in [0.5, 0.6) is 0 Å². The van der Waals surface area contributed by atoms with E-state index in [0.29, 0.717) is 19.5 Å². The molecule has 0 saturated carbocycles. The lowest BCUT2D eigenvalue weighted by molar-refractivity contribution is -0.132. The number of carbonyl (C=O) groups excluding carboxylic acids is 2. The normalized spacial score (nSPS) is 18.6. The van der Waals surface area contributed by atoms with Crippen molar-refractivity contribution in [2.75, 3.05) is 13.1 Å². The molecule has 4 rings (SSSR count). The van der Waals surface area contributed by atoms with Crippen LogP contribution < -0.4 is 0 Å². The van der Waals surface area contributed by atoms with E-state index < -0.39 is 0 Å². The van der Waals surface area contributed by atoms with Crippen LogP contribution in [0.15, 0.2) is 30.6 Å². The van der Waals surface area contributed by atoms with E-state index in [-0.39, 0.29) is 17.9 Å². The Balaban J connectivity index is 1.39. The number of amides is 2. The molecule has 1 saturated heterocycles. The lowest BCUT2D eigenvalue weighted by atomic mass is 10.1. The lowest BCUT2D eigenvalue weighted by Crippen LogP contribution is -2.36. The maximum Gasteiger partial charge on any atom is 0.223 e. The zero-order valence-electron chi connectivity index (χ0n) is 16.9. The number of carbonyl (C=O) groups is 2. The van der Waals surface area contributed by atoms with Gasteiger partial charge in [0.15, 0.2) is 5.82 Å². The highest BCUT2D eigenvalue weighted by Gasteiger charge is 2.32. The van der Waals surface area contributed by atoms with Gasteiger partial charge in [-0.1, -0.05) is 6.07 Å². The minimum absolute atomic E-state index is 0.0338. The van der Waals surface area contributed by atoms with E-state index in [0.717, 1.165) is 61.4 Å². The summed E-state index contributed by atoms with van der Waals surface area (Å²) in [7, 11) is 0. The molecule has 0 aliphatic carbocycles. The number of pyridine rings is 1. The van der Waals surface area contributed by atoms with Gasteiger partial charge in [-0.3, -0.25) is 14.6 Å². The number of hydrogen-bond donors (Lipinski definition) is 0. The second-order valence-corrected chi connectivity index (χ2v) is 7.81. The minimum Gasteiger partial charge on any atom is -0.338 e. The molecule has 2 aliphatic heterocycles. The first-order chi connectivity index (χ1) is 14.1. The molecule has 1 fully saturated rings. The van der Waals surface area contributed by atoms with E-state index in [4.69, 9.17) is 4.98 Å². The van der Waals surface area contributed by atoms with Crippen molar-refractivity contribution in [1.29, 1.82) is 0 Å². The molecule has 2 amide bonds. The standard InChI is InChI=1S/C22H27N5O2/c1-16(28)26-13-10-19-17(15-26)14-24-22(25-19)20-8-5-12-27(20)21(29)9-4-7-18-6-2-3-11-23-18/h2-3,6,11,14,20H,4-5,7-10,12-13,15H2,1H3/t20-/m1/s1. The molecule has 29 heavy (non-hydrogen) atoms. The fourth-order valence-corrected chi connectivity index (χ4v) is 4.20. The molecule has 1 atom stereocenters. The lowest BCUT2D eigenvalue weighted by Gasteiger charge is -2.28. The summed E-state index contributed by atoms with van der Waals surface area (Å²) in [5, 5.41) is 0. The van der Waals surface area contributed by atoms with E-state index in [1.165, 1.54) is 0 Å². The molecule has 0 unspecified atom stereocenters. The van der Waals surface area contributed by atoms with Crippen LogP contribution in [0.3, 0.4) is 0 Å². The van der Waals surface area contributed by atoms with E-state index >= 15 is 0 Å². The predicted octanol–water partition coefficient (Wildman–Crippen LogP) is 2.46. The zero-order chi connectivity index (χ0) is 20.2. The zero-order valence-corrected chi connectivity index (χ0v) is 16.9. The Kier molecular flexibility index (Phi) is 5.83. The van der Waals surface area contributed by atoms with Crippen molar-refractivity contribution in [3.8, 4) is 0 Å². The molecule has 2 aromatic rings. The van der Waals surface area contributed by atoms with Crippen LogP contribution in [0.1, 0.15) is 61.4 Å². The first-order valence-corrected chi connectivity index (χ1v) is 10.4. The molecule has 0 radical (unpaired) electrons. The third-order valence-corrected chi connectivity index (χ3v) is 5.82. The van der Waals surface area contributed by atoms with E-state index in [9.17, 15) is 9.59 Å². The maximum atomic E-state index is 12.8. The molecule has 0 aromatic carbocycles. The Labute approximate surface area is 171 Å². The van der Waals surface area contributed by atoms with Gasteiger partial charge >= 0.3 is 0 Å². The van der Waals surface area contributed by atoms with Crippen LogP contribution in [-0.4, -0.2) is 49.7 Å². The van der Waals surface area contributed by atoms with Crippen molar-refractivity contribution in [3.05, 3.63) is 53.4 Å². The highest BCUT2D eigenvalue weighted by atomic mass is 16.2. The van der Waals surface area contributed by atoms with E-state index in [2.05, 4.69) is 9.97 Å². The van der Waals surface area contributed by atoms with Gasteiger partial charge in [0.2, 0.25) is 11.8 Å². The number of fused-ring (bicyclic) bond motifs is 1. The van der Waals surface area contributed by atoms with Crippen molar-refractivity contribution in [2.45, 2.75) is 58.0 Å². The average Bonchev–Trinajstić information content (AvgIpc) is 3.23. The van der Waals surface area contributed by atoms with Crippen molar-refractivity contribution in [3.63, 3.8) is 0 Å². The Morgan fingerprint density at radius 3 is 2.90 bits per heavy atom. The van der Waals surface area contributed by atoms with Crippen LogP contribution >= 0.6 is 0 Å². The molecule has 152 valence electrons. The Morgan fingerprint density at radius 2 is 2.10 bits per heavy atom. The van der Waals surface area contributed by atoms with Crippen LogP contribution in [0, 0.1) is 0 Å². The number of likely N-dealkylation sites (tertiary alicyclic amines) is 1. The molecule has 7 heteroatoms. The third kappa shape index (κ3) is 4.44. The molecule has 0 N–H and O–H groups in total. The van der Waals surface area contributed by atoms with Gasteiger partial charge in [-0.05, 0) is 37.8 Å². The summed E-state index contributed by atoms with van der Waals surface area (Å²) in [4.78, 5) is 41.9. The van der Waals surface area contributed by atoms with E-state index in [1.807, 2.05) is 34.2 Å². The summed E-state index contributed by atoms with van der Waals surface area (Å²) in [5.41, 5.74) is 3.05. The Bertz CT molecular complexity index is 886. The number of aromatic nitrogens is 3. The number of rotatable bonds is 5. The Hall–Kier alpha value is -2.83. The van der Waals surface area contributed by atoms with Gasteiger partial charge in [-0.2, -0.15) is 0 Å². The van der Waals surface area contributed by atoms with Crippen LogP contribution in [0.25, 0.3) is 0 Å². The highest BCUT2D eigenvalue weighted by molar-refractivity contribution is 5.77. The fraction of sp³-hybridized carbons (Fsp3) is 0.500. The number of hydrogen-bond acceptors (Lipinski definition) is 5. The average molecular weight is 393 g/mol. The minimum atomic E-state index is -0.0338. The summed E-state index contributed by atoms with van der Waals surface area (Å²) in [6, 6.07) is 5.84. The topological polar surface area (TPSA) is 79.3 Å². The van der Waals surface area contributed by atoms with Gasteiger partial charge in [0.25, 0.3) is 0 Å². The summed E-state index contributed by atoms with van der Waals surface area (Å²) < 4.78 is 0. The van der Waals surface area contributed by atoms with Gasteiger partial charge in [0.1, 0.15) is 0 Å². The smallest absolute Gasteiger partial charge is 0.223 e.